The summed E-state index contributed by atoms with van der Waals surface area (Å²) in [6.45, 7) is 4.77. The molecule has 2 aromatic rings. The molecular formula is C20H21BrClN3O2. The molecule has 1 aliphatic heterocycles. The fraction of sp³-hybridized carbons (Fsp3) is 0.300. The molecule has 0 aliphatic carbocycles. The molecule has 142 valence electrons. The molecule has 27 heavy (non-hydrogen) atoms. The van der Waals surface area contributed by atoms with Gasteiger partial charge in [0, 0.05) is 42.8 Å². The van der Waals surface area contributed by atoms with Gasteiger partial charge in [-0.2, -0.15) is 0 Å². The maximum absolute atomic E-state index is 12.4. The average molecular weight is 451 g/mol. The number of carbonyl (C=O) groups is 2. The third-order valence-corrected chi connectivity index (χ3v) is 5.59. The van der Waals surface area contributed by atoms with Gasteiger partial charge < -0.3 is 15.1 Å². The van der Waals surface area contributed by atoms with E-state index < -0.39 is 0 Å². The van der Waals surface area contributed by atoms with Crippen LogP contribution in [0.5, 0.6) is 0 Å². The van der Waals surface area contributed by atoms with Crippen molar-refractivity contribution in [2.75, 3.05) is 36.4 Å². The molecule has 0 bridgehead atoms. The minimum absolute atomic E-state index is 0.186. The number of halogens is 2. The van der Waals surface area contributed by atoms with Crippen LogP contribution in [0.4, 0.5) is 11.4 Å². The molecule has 1 aliphatic rings. The summed E-state index contributed by atoms with van der Waals surface area (Å²) in [5.41, 5.74) is 2.12. The van der Waals surface area contributed by atoms with Gasteiger partial charge in [0.2, 0.25) is 5.91 Å². The fourth-order valence-electron chi connectivity index (χ4n) is 3.11. The van der Waals surface area contributed by atoms with Crippen LogP contribution in [0.15, 0.2) is 46.9 Å². The van der Waals surface area contributed by atoms with Gasteiger partial charge in [-0.1, -0.05) is 30.7 Å². The first-order valence-electron chi connectivity index (χ1n) is 8.87. The third kappa shape index (κ3) is 4.62. The van der Waals surface area contributed by atoms with E-state index in [0.717, 1.165) is 23.2 Å². The molecule has 0 unspecified atom stereocenters. The van der Waals surface area contributed by atoms with Crippen LogP contribution in [0.25, 0.3) is 0 Å². The number of benzene rings is 2. The molecule has 1 saturated heterocycles. The second kappa shape index (κ2) is 8.76. The Balaban J connectivity index is 1.67. The summed E-state index contributed by atoms with van der Waals surface area (Å²) in [5.74, 6) is -0.0103. The van der Waals surface area contributed by atoms with Gasteiger partial charge in [-0.3, -0.25) is 9.59 Å². The molecule has 0 radical (unpaired) electrons. The topological polar surface area (TPSA) is 52.7 Å². The highest BCUT2D eigenvalue weighted by Crippen LogP contribution is 2.30. The van der Waals surface area contributed by atoms with Crippen LogP contribution in [0, 0.1) is 0 Å². The van der Waals surface area contributed by atoms with Crippen LogP contribution >= 0.6 is 27.5 Å². The predicted octanol–water partition coefficient (Wildman–Crippen LogP) is 4.41. The van der Waals surface area contributed by atoms with Gasteiger partial charge in [0.25, 0.3) is 5.91 Å². The highest BCUT2D eigenvalue weighted by Gasteiger charge is 2.21. The third-order valence-electron chi connectivity index (χ3n) is 4.60. The number of hydrogen-bond acceptors (Lipinski definition) is 3. The number of amides is 2. The number of piperazine rings is 1. The van der Waals surface area contributed by atoms with Crippen LogP contribution < -0.4 is 10.2 Å². The van der Waals surface area contributed by atoms with E-state index in [0.29, 0.717) is 35.8 Å². The lowest BCUT2D eigenvalue weighted by atomic mass is 10.2. The van der Waals surface area contributed by atoms with Crippen molar-refractivity contribution in [2.45, 2.75) is 13.3 Å². The van der Waals surface area contributed by atoms with E-state index in [2.05, 4.69) is 26.1 Å². The first-order chi connectivity index (χ1) is 13.0. The molecule has 3 rings (SSSR count). The van der Waals surface area contributed by atoms with Crippen molar-refractivity contribution < 1.29 is 9.59 Å². The summed E-state index contributed by atoms with van der Waals surface area (Å²) in [5, 5.41) is 3.45. The van der Waals surface area contributed by atoms with E-state index in [4.69, 9.17) is 11.6 Å². The second-order valence-corrected chi connectivity index (χ2v) is 7.58. The lowest BCUT2D eigenvalue weighted by Gasteiger charge is -2.36. The van der Waals surface area contributed by atoms with Crippen LogP contribution in [0.3, 0.4) is 0 Å². The monoisotopic (exact) mass is 449 g/mol. The number of nitrogens with one attached hydrogen (secondary N) is 1. The molecule has 1 N–H and O–H groups in total. The Kier molecular flexibility index (Phi) is 6.39. The van der Waals surface area contributed by atoms with Gasteiger partial charge in [-0.15, -0.1) is 0 Å². The van der Waals surface area contributed by atoms with E-state index in [1.807, 2.05) is 42.2 Å². The zero-order valence-corrected chi connectivity index (χ0v) is 17.4. The molecule has 0 aromatic heterocycles. The van der Waals surface area contributed by atoms with Gasteiger partial charge >= 0.3 is 0 Å². The molecular weight excluding hydrogens is 430 g/mol. The van der Waals surface area contributed by atoms with Crippen molar-refractivity contribution in [1.29, 1.82) is 0 Å². The van der Waals surface area contributed by atoms with E-state index in [9.17, 15) is 9.59 Å². The van der Waals surface area contributed by atoms with Gasteiger partial charge in [-0.25, -0.2) is 0 Å². The zero-order chi connectivity index (χ0) is 19.4. The predicted molar refractivity (Wildman–Crippen MR) is 113 cm³/mol. The minimum atomic E-state index is -0.196. The number of hydrogen-bond donors (Lipinski definition) is 1. The Labute approximate surface area is 172 Å². The number of nitrogens with zero attached hydrogens (tertiary/aromatic N) is 2. The maximum Gasteiger partial charge on any atom is 0.256 e. The van der Waals surface area contributed by atoms with Crippen LogP contribution in [0.1, 0.15) is 23.7 Å². The summed E-state index contributed by atoms with van der Waals surface area (Å²) in [7, 11) is 0. The van der Waals surface area contributed by atoms with Crippen molar-refractivity contribution in [3.63, 3.8) is 0 Å². The quantitative estimate of drug-likeness (QED) is 0.750. The van der Waals surface area contributed by atoms with E-state index in [1.165, 1.54) is 0 Å². The van der Waals surface area contributed by atoms with Crippen LogP contribution in [-0.2, 0) is 4.79 Å². The van der Waals surface area contributed by atoms with E-state index in [-0.39, 0.29) is 11.8 Å². The first kappa shape index (κ1) is 19.7. The molecule has 0 spiro atoms. The summed E-state index contributed by atoms with van der Waals surface area (Å²) in [4.78, 5) is 28.3. The molecule has 1 heterocycles. The number of rotatable bonds is 4. The SMILES string of the molecule is CCC(=O)N1CCN(c2ccc(NC(=O)c3ccccc3Br)cc2Cl)CC1. The molecule has 0 saturated carbocycles. The van der Waals surface area contributed by atoms with Crippen LogP contribution in [-0.4, -0.2) is 42.9 Å². The molecule has 7 heteroatoms. The lowest BCUT2D eigenvalue weighted by Crippen LogP contribution is -2.48. The largest absolute Gasteiger partial charge is 0.367 e. The maximum atomic E-state index is 12.4. The lowest BCUT2D eigenvalue weighted by molar-refractivity contribution is -0.131. The molecule has 2 aromatic carbocycles. The Hall–Kier alpha value is -2.05. The van der Waals surface area contributed by atoms with Crippen molar-refractivity contribution in [3.8, 4) is 0 Å². The van der Waals surface area contributed by atoms with Gasteiger partial charge in [-0.05, 0) is 46.3 Å². The molecule has 5 nitrogen and oxygen atoms in total. The van der Waals surface area contributed by atoms with Crippen molar-refractivity contribution in [3.05, 3.63) is 57.5 Å². The Morgan fingerprint density at radius 2 is 1.81 bits per heavy atom. The Morgan fingerprint density at radius 3 is 2.44 bits per heavy atom. The van der Waals surface area contributed by atoms with Gasteiger partial charge in [0.1, 0.15) is 0 Å². The summed E-state index contributed by atoms with van der Waals surface area (Å²) < 4.78 is 0.740. The smallest absolute Gasteiger partial charge is 0.256 e. The second-order valence-electron chi connectivity index (χ2n) is 6.32. The van der Waals surface area contributed by atoms with Gasteiger partial charge in [0.05, 0.1) is 16.3 Å². The molecule has 2 amide bonds. The summed E-state index contributed by atoms with van der Waals surface area (Å²) >= 11 is 9.85. The van der Waals surface area contributed by atoms with E-state index >= 15 is 0 Å². The Morgan fingerprint density at radius 1 is 1.11 bits per heavy atom. The number of anilines is 2. The average Bonchev–Trinajstić information content (AvgIpc) is 2.68. The standard InChI is InChI=1S/C20H21BrClN3O2/c1-2-19(26)25-11-9-24(10-12-25)18-8-7-14(13-17(18)22)23-20(27)15-5-3-4-6-16(15)21/h3-8,13H,2,9-12H2,1H3,(H,23,27). The Bertz CT molecular complexity index is 851. The van der Waals surface area contributed by atoms with E-state index in [1.54, 1.807) is 12.1 Å². The molecule has 0 atom stereocenters. The van der Waals surface area contributed by atoms with Crippen molar-refractivity contribution in [1.82, 2.24) is 4.90 Å². The number of carbonyl (C=O) groups excluding carboxylic acids is 2. The van der Waals surface area contributed by atoms with Gasteiger partial charge in [0.15, 0.2) is 0 Å². The highest BCUT2D eigenvalue weighted by molar-refractivity contribution is 9.10. The fourth-order valence-corrected chi connectivity index (χ4v) is 3.87. The summed E-state index contributed by atoms with van der Waals surface area (Å²) in [6.07, 6.45) is 0.534. The highest BCUT2D eigenvalue weighted by atomic mass is 79.9. The van der Waals surface area contributed by atoms with Crippen LogP contribution in [0.2, 0.25) is 5.02 Å². The first-order valence-corrected chi connectivity index (χ1v) is 10.0. The molecule has 1 fully saturated rings. The van der Waals surface area contributed by atoms with Crippen molar-refractivity contribution >= 4 is 50.7 Å². The summed E-state index contributed by atoms with van der Waals surface area (Å²) in [6, 6.07) is 12.8. The minimum Gasteiger partial charge on any atom is -0.367 e. The zero-order valence-electron chi connectivity index (χ0n) is 15.0. The van der Waals surface area contributed by atoms with Crippen molar-refractivity contribution in [2.24, 2.45) is 0 Å². The normalized spacial score (nSPS) is 14.2.